The summed E-state index contributed by atoms with van der Waals surface area (Å²) in [6, 6.07) is 18.7. The summed E-state index contributed by atoms with van der Waals surface area (Å²) < 4.78 is 0. The van der Waals surface area contributed by atoms with E-state index in [9.17, 15) is 0 Å². The van der Waals surface area contributed by atoms with Crippen molar-refractivity contribution in [1.29, 1.82) is 0 Å². The highest BCUT2D eigenvalue weighted by Crippen LogP contribution is 2.47. The van der Waals surface area contributed by atoms with Crippen LogP contribution in [0.2, 0.25) is 0 Å². The first-order chi connectivity index (χ1) is 13.3. The average molecular weight is 356 g/mol. The van der Waals surface area contributed by atoms with Crippen LogP contribution in [0.4, 0.5) is 0 Å². The Hall–Kier alpha value is -2.04. The SMILES string of the molecule is C(#Cc1ccc(C2(NC3CC3)CC2)cc1)c1ccc(C2CCCCC2)cc1. The van der Waals surface area contributed by atoms with Crippen LogP contribution in [0.1, 0.15) is 86.0 Å². The van der Waals surface area contributed by atoms with Gasteiger partial charge in [0.05, 0.1) is 0 Å². The second-order valence-corrected chi connectivity index (χ2v) is 8.79. The van der Waals surface area contributed by atoms with Crippen LogP contribution in [0.25, 0.3) is 0 Å². The quantitative estimate of drug-likeness (QED) is 0.676. The summed E-state index contributed by atoms with van der Waals surface area (Å²) in [7, 11) is 0. The lowest BCUT2D eigenvalue weighted by Gasteiger charge is -2.21. The van der Waals surface area contributed by atoms with Gasteiger partial charge in [-0.25, -0.2) is 0 Å². The Bertz CT molecular complexity index is 836. The van der Waals surface area contributed by atoms with Crippen molar-refractivity contribution in [2.45, 2.75) is 75.3 Å². The summed E-state index contributed by atoms with van der Waals surface area (Å²) in [6.07, 6.45) is 12.2. The summed E-state index contributed by atoms with van der Waals surface area (Å²) in [5, 5.41) is 3.83. The summed E-state index contributed by atoms with van der Waals surface area (Å²) in [5.41, 5.74) is 5.45. The second kappa shape index (κ2) is 7.17. The Morgan fingerprint density at radius 2 is 1.30 bits per heavy atom. The maximum Gasteiger partial charge on any atom is 0.0438 e. The molecule has 0 atom stereocenters. The second-order valence-electron chi connectivity index (χ2n) is 8.79. The largest absolute Gasteiger partial charge is 0.305 e. The van der Waals surface area contributed by atoms with Crippen molar-refractivity contribution in [3.8, 4) is 11.8 Å². The zero-order valence-electron chi connectivity index (χ0n) is 16.1. The molecule has 0 radical (unpaired) electrons. The van der Waals surface area contributed by atoms with E-state index in [0.29, 0.717) is 0 Å². The van der Waals surface area contributed by atoms with Gasteiger partial charge < -0.3 is 5.32 Å². The van der Waals surface area contributed by atoms with Crippen molar-refractivity contribution >= 4 is 0 Å². The Labute approximate surface area is 163 Å². The molecule has 0 bridgehead atoms. The van der Waals surface area contributed by atoms with Crippen LogP contribution < -0.4 is 5.32 Å². The highest BCUT2D eigenvalue weighted by atomic mass is 15.1. The lowest BCUT2D eigenvalue weighted by molar-refractivity contribution is 0.443. The van der Waals surface area contributed by atoms with Crippen molar-refractivity contribution in [2.24, 2.45) is 0 Å². The lowest BCUT2D eigenvalue weighted by Crippen LogP contribution is -2.30. The lowest BCUT2D eigenvalue weighted by atomic mass is 9.84. The molecule has 0 amide bonds. The molecule has 1 N–H and O–H groups in total. The van der Waals surface area contributed by atoms with E-state index in [-0.39, 0.29) is 5.54 Å². The van der Waals surface area contributed by atoms with Crippen LogP contribution in [-0.4, -0.2) is 6.04 Å². The van der Waals surface area contributed by atoms with E-state index in [1.807, 2.05) is 0 Å². The minimum atomic E-state index is 0.280. The predicted octanol–water partition coefficient (Wildman–Crippen LogP) is 5.88. The van der Waals surface area contributed by atoms with E-state index in [2.05, 4.69) is 65.7 Å². The fraction of sp³-hybridized carbons (Fsp3) is 0.462. The standard InChI is InChI=1S/C26H29N/c1-2-4-22(5-3-1)23-12-8-20(9-13-23)6-7-21-10-14-24(15-11-21)26(18-19-26)27-25-16-17-25/h8-15,22,25,27H,1-5,16-19H2. The van der Waals surface area contributed by atoms with Crippen LogP contribution in [0.3, 0.4) is 0 Å². The van der Waals surface area contributed by atoms with Crippen molar-refractivity contribution < 1.29 is 0 Å². The van der Waals surface area contributed by atoms with Gasteiger partial charge in [-0.15, -0.1) is 0 Å². The molecular weight excluding hydrogens is 326 g/mol. The molecule has 2 aromatic carbocycles. The molecule has 27 heavy (non-hydrogen) atoms. The van der Waals surface area contributed by atoms with Crippen LogP contribution in [0, 0.1) is 11.8 Å². The van der Waals surface area contributed by atoms with E-state index in [0.717, 1.165) is 23.1 Å². The van der Waals surface area contributed by atoms with Gasteiger partial charge in [-0.05, 0) is 79.8 Å². The third-order valence-electron chi connectivity index (χ3n) is 6.58. The van der Waals surface area contributed by atoms with E-state index in [1.54, 1.807) is 0 Å². The Morgan fingerprint density at radius 3 is 1.85 bits per heavy atom. The molecule has 5 rings (SSSR count). The number of nitrogens with one attached hydrogen (secondary N) is 1. The molecular formula is C26H29N. The van der Waals surface area contributed by atoms with E-state index < -0.39 is 0 Å². The van der Waals surface area contributed by atoms with Gasteiger partial charge >= 0.3 is 0 Å². The van der Waals surface area contributed by atoms with Crippen molar-refractivity contribution in [2.75, 3.05) is 0 Å². The number of hydrogen-bond donors (Lipinski definition) is 1. The molecule has 138 valence electrons. The molecule has 0 saturated heterocycles. The highest BCUT2D eigenvalue weighted by Gasteiger charge is 2.47. The summed E-state index contributed by atoms with van der Waals surface area (Å²) in [4.78, 5) is 0. The number of rotatable bonds is 4. The van der Waals surface area contributed by atoms with Crippen LogP contribution in [0.15, 0.2) is 48.5 Å². The minimum absolute atomic E-state index is 0.280. The zero-order chi connectivity index (χ0) is 18.1. The van der Waals surface area contributed by atoms with E-state index >= 15 is 0 Å². The van der Waals surface area contributed by atoms with Gasteiger partial charge in [-0.1, -0.05) is 55.4 Å². The molecule has 0 unspecified atom stereocenters. The van der Waals surface area contributed by atoms with Crippen LogP contribution >= 0.6 is 0 Å². The van der Waals surface area contributed by atoms with Crippen molar-refractivity contribution in [1.82, 2.24) is 5.32 Å². The van der Waals surface area contributed by atoms with Gasteiger partial charge in [0, 0.05) is 22.7 Å². The third-order valence-corrected chi connectivity index (χ3v) is 6.58. The van der Waals surface area contributed by atoms with Crippen LogP contribution in [-0.2, 0) is 5.54 Å². The highest BCUT2D eigenvalue weighted by molar-refractivity contribution is 5.45. The summed E-state index contributed by atoms with van der Waals surface area (Å²) >= 11 is 0. The molecule has 0 aliphatic heterocycles. The first kappa shape index (κ1) is 17.1. The molecule has 0 heterocycles. The zero-order valence-corrected chi connectivity index (χ0v) is 16.1. The Morgan fingerprint density at radius 1 is 0.704 bits per heavy atom. The molecule has 0 aromatic heterocycles. The Kier molecular flexibility index (Phi) is 4.54. The van der Waals surface area contributed by atoms with Crippen molar-refractivity contribution in [3.63, 3.8) is 0 Å². The molecule has 3 aliphatic rings. The van der Waals surface area contributed by atoms with Gasteiger partial charge in [0.1, 0.15) is 0 Å². The van der Waals surface area contributed by atoms with Gasteiger partial charge in [-0.3, -0.25) is 0 Å². The average Bonchev–Trinajstić information content (AvgIpc) is 3.67. The molecule has 1 nitrogen and oxygen atoms in total. The monoisotopic (exact) mass is 355 g/mol. The predicted molar refractivity (Wildman–Crippen MR) is 112 cm³/mol. The topological polar surface area (TPSA) is 12.0 Å². The molecule has 3 aliphatic carbocycles. The fourth-order valence-corrected chi connectivity index (χ4v) is 4.55. The summed E-state index contributed by atoms with van der Waals surface area (Å²) in [5.74, 6) is 7.45. The molecule has 1 heteroatoms. The summed E-state index contributed by atoms with van der Waals surface area (Å²) in [6.45, 7) is 0. The number of benzene rings is 2. The van der Waals surface area contributed by atoms with Gasteiger partial charge in [0.15, 0.2) is 0 Å². The smallest absolute Gasteiger partial charge is 0.0438 e. The minimum Gasteiger partial charge on any atom is -0.305 e. The first-order valence-electron chi connectivity index (χ1n) is 10.8. The van der Waals surface area contributed by atoms with Gasteiger partial charge in [0.2, 0.25) is 0 Å². The van der Waals surface area contributed by atoms with E-state index in [4.69, 9.17) is 0 Å². The number of hydrogen-bond acceptors (Lipinski definition) is 1. The first-order valence-corrected chi connectivity index (χ1v) is 10.8. The Balaban J connectivity index is 1.25. The third kappa shape index (κ3) is 3.97. The molecule has 3 fully saturated rings. The molecule has 3 saturated carbocycles. The van der Waals surface area contributed by atoms with Gasteiger partial charge in [0.25, 0.3) is 0 Å². The van der Waals surface area contributed by atoms with Crippen molar-refractivity contribution in [3.05, 3.63) is 70.8 Å². The van der Waals surface area contributed by atoms with Gasteiger partial charge in [-0.2, -0.15) is 0 Å². The molecule has 2 aromatic rings. The van der Waals surface area contributed by atoms with E-state index in [1.165, 1.54) is 68.9 Å². The molecule has 0 spiro atoms. The maximum atomic E-state index is 3.83. The van der Waals surface area contributed by atoms with Crippen LogP contribution in [0.5, 0.6) is 0 Å². The maximum absolute atomic E-state index is 3.83. The normalized spacial score (nSPS) is 21.3. The fourth-order valence-electron chi connectivity index (χ4n) is 4.55.